The molecule has 2 aromatic rings. The van der Waals surface area contributed by atoms with E-state index in [0.717, 1.165) is 18.9 Å². The molecule has 0 bridgehead atoms. The lowest BCUT2D eigenvalue weighted by atomic mass is 10.3. The van der Waals surface area contributed by atoms with Gasteiger partial charge in [0.2, 0.25) is 0 Å². The number of halogens is 3. The Morgan fingerprint density at radius 2 is 2.10 bits per heavy atom. The molecule has 3 nitrogen and oxygen atoms in total. The summed E-state index contributed by atoms with van der Waals surface area (Å²) in [6, 6.07) is 2.13. The molecule has 0 saturated carbocycles. The molecule has 1 aromatic carbocycles. The summed E-state index contributed by atoms with van der Waals surface area (Å²) in [6.45, 7) is 5.69. The van der Waals surface area contributed by atoms with Crippen molar-refractivity contribution >= 4 is 22.6 Å². The lowest BCUT2D eigenvalue weighted by molar-refractivity contribution is 0.129. The maximum atomic E-state index is 13.8. The minimum atomic E-state index is -0.662. The van der Waals surface area contributed by atoms with Gasteiger partial charge in [0.25, 0.3) is 0 Å². The third-order valence-electron chi connectivity index (χ3n) is 3.18. The maximum Gasteiger partial charge on any atom is 0.153 e. The van der Waals surface area contributed by atoms with E-state index < -0.39 is 11.6 Å². The highest BCUT2D eigenvalue weighted by Gasteiger charge is 2.18. The zero-order valence-corrected chi connectivity index (χ0v) is 13.0. The zero-order valence-electron chi connectivity index (χ0n) is 12.2. The molecule has 6 heteroatoms. The lowest BCUT2D eigenvalue weighted by Gasteiger charge is -2.10. The molecule has 0 fully saturated rings. The molecule has 2 rings (SSSR count). The van der Waals surface area contributed by atoms with Gasteiger partial charge in [0.05, 0.1) is 10.9 Å². The van der Waals surface area contributed by atoms with Gasteiger partial charge >= 0.3 is 0 Å². The molecule has 21 heavy (non-hydrogen) atoms. The first kappa shape index (κ1) is 16.2. The van der Waals surface area contributed by atoms with Gasteiger partial charge in [-0.25, -0.2) is 13.8 Å². The largest absolute Gasteiger partial charge is 0.381 e. The second kappa shape index (κ2) is 7.18. The standard InChI is InChI=1S/C15H19ClF2N2O/c1-3-6-21-7-4-5-20-13-9-11(17)8-12(18)14(13)19-15(20)10(2)16/h8-10H,3-7H2,1-2H3. The highest BCUT2D eigenvalue weighted by Crippen LogP contribution is 2.27. The number of ether oxygens (including phenoxy) is 1. The van der Waals surface area contributed by atoms with Gasteiger partial charge in [-0.15, -0.1) is 11.6 Å². The molecular formula is C15H19ClF2N2O. The van der Waals surface area contributed by atoms with Gasteiger partial charge in [0.1, 0.15) is 17.2 Å². The van der Waals surface area contributed by atoms with E-state index in [1.165, 1.54) is 6.07 Å². The summed E-state index contributed by atoms with van der Waals surface area (Å²) in [5, 5.41) is -0.378. The normalized spacial score (nSPS) is 13.0. The molecular weight excluding hydrogens is 298 g/mol. The van der Waals surface area contributed by atoms with Crippen molar-refractivity contribution in [3.63, 3.8) is 0 Å². The van der Waals surface area contributed by atoms with Crippen LogP contribution in [0.4, 0.5) is 8.78 Å². The third-order valence-corrected chi connectivity index (χ3v) is 3.37. The fourth-order valence-corrected chi connectivity index (χ4v) is 2.44. The molecule has 0 aliphatic heterocycles. The first-order valence-corrected chi connectivity index (χ1v) is 7.55. The van der Waals surface area contributed by atoms with Gasteiger partial charge in [0.15, 0.2) is 5.82 Å². The second-order valence-corrected chi connectivity index (χ2v) is 5.61. The van der Waals surface area contributed by atoms with Crippen LogP contribution in [0.3, 0.4) is 0 Å². The van der Waals surface area contributed by atoms with E-state index in [9.17, 15) is 8.78 Å². The number of nitrogens with zero attached hydrogens (tertiary/aromatic N) is 2. The average Bonchev–Trinajstić information content (AvgIpc) is 2.78. The summed E-state index contributed by atoms with van der Waals surface area (Å²) < 4.78 is 34.4. The Bertz CT molecular complexity index is 613. The molecule has 116 valence electrons. The molecule has 0 amide bonds. The molecule has 0 saturated heterocycles. The van der Waals surface area contributed by atoms with Crippen LogP contribution < -0.4 is 0 Å². The maximum absolute atomic E-state index is 13.8. The minimum absolute atomic E-state index is 0.161. The summed E-state index contributed by atoms with van der Waals surface area (Å²) in [7, 11) is 0. The summed E-state index contributed by atoms with van der Waals surface area (Å²) in [5.74, 6) is -0.728. The van der Waals surface area contributed by atoms with Gasteiger partial charge in [-0.3, -0.25) is 0 Å². The van der Waals surface area contributed by atoms with Crippen LogP contribution in [0.1, 0.15) is 37.9 Å². The van der Waals surface area contributed by atoms with Crippen molar-refractivity contribution in [1.82, 2.24) is 9.55 Å². The lowest BCUT2D eigenvalue weighted by Crippen LogP contribution is -2.07. The summed E-state index contributed by atoms with van der Waals surface area (Å²) in [6.07, 6.45) is 1.70. The van der Waals surface area contributed by atoms with Gasteiger partial charge in [0, 0.05) is 25.8 Å². The number of aryl methyl sites for hydroxylation is 1. The molecule has 1 heterocycles. The van der Waals surface area contributed by atoms with Crippen molar-refractivity contribution in [2.45, 2.75) is 38.6 Å². The van der Waals surface area contributed by atoms with Crippen molar-refractivity contribution in [1.29, 1.82) is 0 Å². The van der Waals surface area contributed by atoms with E-state index in [1.807, 2.05) is 6.92 Å². The number of hydrogen-bond donors (Lipinski definition) is 0. The van der Waals surface area contributed by atoms with E-state index in [4.69, 9.17) is 16.3 Å². The number of fused-ring (bicyclic) bond motifs is 1. The summed E-state index contributed by atoms with van der Waals surface area (Å²) in [5.41, 5.74) is 0.596. The Balaban J connectivity index is 2.28. The highest BCUT2D eigenvalue weighted by molar-refractivity contribution is 6.20. The zero-order chi connectivity index (χ0) is 15.4. The first-order valence-electron chi connectivity index (χ1n) is 7.11. The molecule has 0 N–H and O–H groups in total. The van der Waals surface area contributed by atoms with Crippen molar-refractivity contribution in [3.8, 4) is 0 Å². The second-order valence-electron chi connectivity index (χ2n) is 4.96. The molecule has 0 spiro atoms. The number of benzene rings is 1. The van der Waals surface area contributed by atoms with Gasteiger partial charge in [-0.05, 0) is 25.8 Å². The Morgan fingerprint density at radius 3 is 2.76 bits per heavy atom. The summed E-state index contributed by atoms with van der Waals surface area (Å²) in [4.78, 5) is 4.22. The highest BCUT2D eigenvalue weighted by atomic mass is 35.5. The monoisotopic (exact) mass is 316 g/mol. The van der Waals surface area contributed by atoms with Crippen LogP contribution in [-0.4, -0.2) is 22.8 Å². The van der Waals surface area contributed by atoms with E-state index in [2.05, 4.69) is 4.98 Å². The van der Waals surface area contributed by atoms with E-state index >= 15 is 0 Å². The predicted molar refractivity (Wildman–Crippen MR) is 79.6 cm³/mol. The van der Waals surface area contributed by atoms with Crippen LogP contribution in [0.2, 0.25) is 0 Å². The molecule has 0 radical (unpaired) electrons. The van der Waals surface area contributed by atoms with E-state index in [-0.39, 0.29) is 10.9 Å². The van der Waals surface area contributed by atoms with Crippen molar-refractivity contribution in [2.24, 2.45) is 0 Å². The number of hydrogen-bond acceptors (Lipinski definition) is 2. The molecule has 1 atom stereocenters. The number of imidazole rings is 1. The first-order chi connectivity index (χ1) is 10.0. The van der Waals surface area contributed by atoms with Gasteiger partial charge in [-0.1, -0.05) is 6.92 Å². The SMILES string of the molecule is CCCOCCCn1c(C(C)Cl)nc2c(F)cc(F)cc21. The Kier molecular flexibility index (Phi) is 5.53. The molecule has 1 aromatic heterocycles. The average molecular weight is 317 g/mol. The van der Waals surface area contributed by atoms with Gasteiger partial charge in [-0.2, -0.15) is 0 Å². The van der Waals surface area contributed by atoms with Crippen molar-refractivity contribution < 1.29 is 13.5 Å². The topological polar surface area (TPSA) is 27.1 Å². The third kappa shape index (κ3) is 3.71. The van der Waals surface area contributed by atoms with Gasteiger partial charge < -0.3 is 9.30 Å². The van der Waals surface area contributed by atoms with Crippen LogP contribution in [0.25, 0.3) is 11.0 Å². The van der Waals surface area contributed by atoms with Crippen LogP contribution in [0.15, 0.2) is 12.1 Å². The molecule has 0 aliphatic carbocycles. The Morgan fingerprint density at radius 1 is 1.33 bits per heavy atom. The fraction of sp³-hybridized carbons (Fsp3) is 0.533. The molecule has 1 unspecified atom stereocenters. The van der Waals surface area contributed by atoms with E-state index in [1.54, 1.807) is 11.5 Å². The van der Waals surface area contributed by atoms with Crippen LogP contribution >= 0.6 is 11.6 Å². The van der Waals surface area contributed by atoms with Crippen LogP contribution in [0.5, 0.6) is 0 Å². The number of aromatic nitrogens is 2. The number of alkyl halides is 1. The Labute approximate surface area is 127 Å². The van der Waals surface area contributed by atoms with Crippen molar-refractivity contribution in [2.75, 3.05) is 13.2 Å². The van der Waals surface area contributed by atoms with Crippen LogP contribution in [-0.2, 0) is 11.3 Å². The summed E-state index contributed by atoms with van der Waals surface area (Å²) >= 11 is 6.10. The smallest absolute Gasteiger partial charge is 0.153 e. The fourth-order valence-electron chi connectivity index (χ4n) is 2.28. The quantitative estimate of drug-likeness (QED) is 0.558. The van der Waals surface area contributed by atoms with E-state index in [0.29, 0.717) is 31.1 Å². The van der Waals surface area contributed by atoms with Crippen LogP contribution in [0, 0.1) is 11.6 Å². The minimum Gasteiger partial charge on any atom is -0.381 e. The molecule has 0 aliphatic rings. The Hall–Kier alpha value is -1.20. The number of rotatable bonds is 7. The van der Waals surface area contributed by atoms with Crippen molar-refractivity contribution in [3.05, 3.63) is 29.6 Å². The predicted octanol–water partition coefficient (Wildman–Crippen LogP) is 4.43.